The number of hydrogen-bond acceptors (Lipinski definition) is 5. The van der Waals surface area contributed by atoms with E-state index in [1.807, 2.05) is 0 Å². The van der Waals surface area contributed by atoms with Crippen LogP contribution in [0.5, 0.6) is 0 Å². The van der Waals surface area contributed by atoms with Crippen LogP contribution in [0.15, 0.2) is 42.5 Å². The van der Waals surface area contributed by atoms with Gasteiger partial charge < -0.3 is 5.32 Å². The van der Waals surface area contributed by atoms with E-state index in [-0.39, 0.29) is 47.5 Å². The molecule has 0 aromatic heterocycles. The number of nitro groups is 1. The second-order valence-corrected chi connectivity index (χ2v) is 6.35. The summed E-state index contributed by atoms with van der Waals surface area (Å²) < 4.78 is 0. The number of halogens is 1. The van der Waals surface area contributed by atoms with E-state index in [0.29, 0.717) is 5.69 Å². The first-order valence-electron chi connectivity index (χ1n) is 8.02. The standard InChI is InChI=1S/C18H14ClN3O5/c19-15-6-5-13(22(26)27)9-14(15)18(25)20-12-3-1-11(2-4-12)10-21-16(23)7-8-17(21)24/h1-6,9H,7-8,10H2,(H,20,25). The van der Waals surface area contributed by atoms with Gasteiger partial charge in [0.05, 0.1) is 22.1 Å². The maximum absolute atomic E-state index is 12.3. The number of carbonyl (C=O) groups is 3. The van der Waals surface area contributed by atoms with Gasteiger partial charge in [-0.25, -0.2) is 0 Å². The van der Waals surface area contributed by atoms with Crippen LogP contribution in [0.2, 0.25) is 5.02 Å². The number of hydrogen-bond donors (Lipinski definition) is 1. The molecule has 0 atom stereocenters. The number of nitrogens with one attached hydrogen (secondary N) is 1. The van der Waals surface area contributed by atoms with Crippen molar-refractivity contribution in [1.82, 2.24) is 4.90 Å². The van der Waals surface area contributed by atoms with E-state index in [1.54, 1.807) is 24.3 Å². The molecule has 0 saturated carbocycles. The lowest BCUT2D eigenvalue weighted by Gasteiger charge is -2.14. The van der Waals surface area contributed by atoms with Crippen LogP contribution in [-0.4, -0.2) is 27.5 Å². The largest absolute Gasteiger partial charge is 0.322 e. The zero-order chi connectivity index (χ0) is 19.6. The number of non-ortho nitro benzene ring substituents is 1. The van der Waals surface area contributed by atoms with E-state index in [9.17, 15) is 24.5 Å². The van der Waals surface area contributed by atoms with E-state index < -0.39 is 10.8 Å². The summed E-state index contributed by atoms with van der Waals surface area (Å²) in [6.45, 7) is 0.183. The topological polar surface area (TPSA) is 110 Å². The summed E-state index contributed by atoms with van der Waals surface area (Å²) in [7, 11) is 0. The van der Waals surface area contributed by atoms with Gasteiger partial charge in [-0.15, -0.1) is 0 Å². The summed E-state index contributed by atoms with van der Waals surface area (Å²) in [4.78, 5) is 47.1. The van der Waals surface area contributed by atoms with Crippen LogP contribution < -0.4 is 5.32 Å². The molecule has 0 radical (unpaired) electrons. The first-order chi connectivity index (χ1) is 12.8. The maximum atomic E-state index is 12.3. The van der Waals surface area contributed by atoms with Crippen molar-refractivity contribution in [3.63, 3.8) is 0 Å². The summed E-state index contributed by atoms with van der Waals surface area (Å²) in [5.41, 5.74) is 0.943. The SMILES string of the molecule is O=C(Nc1ccc(CN2C(=O)CCC2=O)cc1)c1cc([N+](=O)[O-])ccc1Cl. The molecule has 1 saturated heterocycles. The molecule has 0 bridgehead atoms. The Bertz CT molecular complexity index is 927. The normalized spacial score (nSPS) is 13.7. The highest BCUT2D eigenvalue weighted by atomic mass is 35.5. The number of carbonyl (C=O) groups excluding carboxylic acids is 3. The number of anilines is 1. The molecular formula is C18H14ClN3O5. The molecule has 3 rings (SSSR count). The number of benzene rings is 2. The third-order valence-corrected chi connectivity index (χ3v) is 4.44. The molecule has 1 aliphatic heterocycles. The molecule has 1 fully saturated rings. The predicted octanol–water partition coefficient (Wildman–Crippen LogP) is 3.15. The van der Waals surface area contributed by atoms with Crippen LogP contribution in [-0.2, 0) is 16.1 Å². The van der Waals surface area contributed by atoms with E-state index >= 15 is 0 Å². The fourth-order valence-corrected chi connectivity index (χ4v) is 2.88. The quantitative estimate of drug-likeness (QED) is 0.481. The summed E-state index contributed by atoms with van der Waals surface area (Å²) in [6, 6.07) is 10.2. The molecule has 2 aromatic rings. The lowest BCUT2D eigenvalue weighted by atomic mass is 10.1. The van der Waals surface area contributed by atoms with Crippen molar-refractivity contribution in [1.29, 1.82) is 0 Å². The van der Waals surface area contributed by atoms with E-state index in [1.165, 1.54) is 17.0 Å². The fourth-order valence-electron chi connectivity index (χ4n) is 2.67. The van der Waals surface area contributed by atoms with Gasteiger partial charge in [-0.05, 0) is 23.8 Å². The minimum absolute atomic E-state index is 0.0109. The second-order valence-electron chi connectivity index (χ2n) is 5.95. The van der Waals surface area contributed by atoms with Crippen molar-refractivity contribution in [3.8, 4) is 0 Å². The Kier molecular flexibility index (Phi) is 5.18. The molecule has 2 aromatic carbocycles. The second kappa shape index (κ2) is 7.55. The molecule has 1 heterocycles. The number of amides is 3. The minimum atomic E-state index is -0.608. The molecule has 3 amide bonds. The predicted molar refractivity (Wildman–Crippen MR) is 97.3 cm³/mol. The highest BCUT2D eigenvalue weighted by Crippen LogP contribution is 2.23. The molecule has 27 heavy (non-hydrogen) atoms. The molecule has 0 aliphatic carbocycles. The minimum Gasteiger partial charge on any atom is -0.322 e. The molecule has 0 spiro atoms. The fraction of sp³-hybridized carbons (Fsp3) is 0.167. The van der Waals surface area contributed by atoms with Gasteiger partial charge in [0.2, 0.25) is 11.8 Å². The summed E-state index contributed by atoms with van der Waals surface area (Å²) >= 11 is 5.96. The average molecular weight is 388 g/mol. The smallest absolute Gasteiger partial charge is 0.270 e. The molecule has 0 unspecified atom stereocenters. The highest BCUT2D eigenvalue weighted by Gasteiger charge is 2.28. The van der Waals surface area contributed by atoms with Crippen LogP contribution >= 0.6 is 11.6 Å². The van der Waals surface area contributed by atoms with E-state index in [2.05, 4.69) is 5.32 Å². The van der Waals surface area contributed by atoms with Gasteiger partial charge in [-0.2, -0.15) is 0 Å². The molecular weight excluding hydrogens is 374 g/mol. The average Bonchev–Trinajstić information content (AvgIpc) is 2.95. The molecule has 9 heteroatoms. The van der Waals surface area contributed by atoms with Crippen LogP contribution in [0.4, 0.5) is 11.4 Å². The van der Waals surface area contributed by atoms with Crippen LogP contribution in [0, 0.1) is 10.1 Å². The Morgan fingerprint density at radius 3 is 2.33 bits per heavy atom. The maximum Gasteiger partial charge on any atom is 0.270 e. The molecule has 8 nitrogen and oxygen atoms in total. The van der Waals surface area contributed by atoms with Crippen molar-refractivity contribution < 1.29 is 19.3 Å². The van der Waals surface area contributed by atoms with Crippen molar-refractivity contribution in [2.75, 3.05) is 5.32 Å². The zero-order valence-corrected chi connectivity index (χ0v) is 14.7. The number of likely N-dealkylation sites (tertiary alicyclic amines) is 1. The van der Waals surface area contributed by atoms with Crippen molar-refractivity contribution in [3.05, 3.63) is 68.7 Å². The lowest BCUT2D eigenvalue weighted by Crippen LogP contribution is -2.28. The van der Waals surface area contributed by atoms with Crippen molar-refractivity contribution >= 4 is 40.7 Å². The van der Waals surface area contributed by atoms with Crippen molar-refractivity contribution in [2.45, 2.75) is 19.4 Å². The van der Waals surface area contributed by atoms with Crippen molar-refractivity contribution in [2.24, 2.45) is 0 Å². The van der Waals surface area contributed by atoms with Crippen LogP contribution in [0.25, 0.3) is 0 Å². The summed E-state index contributed by atoms with van der Waals surface area (Å²) in [5.74, 6) is -0.975. The van der Waals surface area contributed by atoms with Gasteiger partial charge in [-0.1, -0.05) is 23.7 Å². The Hall–Kier alpha value is -3.26. The number of nitro benzene ring substituents is 1. The van der Waals surface area contributed by atoms with Gasteiger partial charge >= 0.3 is 0 Å². The first kappa shape index (κ1) is 18.5. The Balaban J connectivity index is 1.70. The van der Waals surface area contributed by atoms with Gasteiger partial charge in [0.1, 0.15) is 0 Å². The van der Waals surface area contributed by atoms with Crippen LogP contribution in [0.3, 0.4) is 0 Å². The van der Waals surface area contributed by atoms with E-state index in [4.69, 9.17) is 11.6 Å². The summed E-state index contributed by atoms with van der Waals surface area (Å²) in [5, 5.41) is 13.6. The summed E-state index contributed by atoms with van der Waals surface area (Å²) in [6.07, 6.45) is 0.466. The monoisotopic (exact) mass is 387 g/mol. The van der Waals surface area contributed by atoms with Crippen LogP contribution in [0.1, 0.15) is 28.8 Å². The van der Waals surface area contributed by atoms with Gasteiger partial charge in [0.25, 0.3) is 11.6 Å². The number of nitrogens with zero attached hydrogens (tertiary/aromatic N) is 2. The molecule has 1 N–H and O–H groups in total. The Morgan fingerprint density at radius 1 is 1.11 bits per heavy atom. The van der Waals surface area contributed by atoms with E-state index in [0.717, 1.165) is 11.6 Å². The Labute approximate surface area is 158 Å². The molecule has 1 aliphatic rings. The van der Waals surface area contributed by atoms with Gasteiger partial charge in [0.15, 0.2) is 0 Å². The molecule has 138 valence electrons. The van der Waals surface area contributed by atoms with Gasteiger partial charge in [-0.3, -0.25) is 29.4 Å². The van der Waals surface area contributed by atoms with Gasteiger partial charge in [0, 0.05) is 30.7 Å². The first-order valence-corrected chi connectivity index (χ1v) is 8.40. The number of rotatable bonds is 5. The third-order valence-electron chi connectivity index (χ3n) is 4.11. The zero-order valence-electron chi connectivity index (χ0n) is 14.0. The number of imide groups is 1. The highest BCUT2D eigenvalue weighted by molar-refractivity contribution is 6.34. The lowest BCUT2D eigenvalue weighted by molar-refractivity contribution is -0.384. The third kappa shape index (κ3) is 4.12. The Morgan fingerprint density at radius 2 is 1.74 bits per heavy atom.